The predicted octanol–water partition coefficient (Wildman–Crippen LogP) is 5.63. The summed E-state index contributed by atoms with van der Waals surface area (Å²) in [6.45, 7) is 7.53. The molecule has 2 aromatic carbocycles. The lowest BCUT2D eigenvalue weighted by molar-refractivity contribution is 0.340. The van der Waals surface area contributed by atoms with Crippen LogP contribution < -0.4 is 5.32 Å². The first-order chi connectivity index (χ1) is 14.6. The first-order valence-corrected chi connectivity index (χ1v) is 11.3. The van der Waals surface area contributed by atoms with E-state index < -0.39 is 0 Å². The second-order valence-corrected chi connectivity index (χ2v) is 8.94. The van der Waals surface area contributed by atoms with Crippen molar-refractivity contribution in [3.63, 3.8) is 0 Å². The molecule has 0 amide bonds. The Bertz CT molecular complexity index is 1200. The molecule has 0 aliphatic carbocycles. The van der Waals surface area contributed by atoms with Crippen LogP contribution >= 0.6 is 11.6 Å². The number of imidazole rings is 2. The molecule has 0 bridgehead atoms. The van der Waals surface area contributed by atoms with Crippen molar-refractivity contribution < 1.29 is 0 Å². The lowest BCUT2D eigenvalue weighted by Crippen LogP contribution is -2.27. The van der Waals surface area contributed by atoms with Crippen molar-refractivity contribution in [2.24, 2.45) is 5.92 Å². The third kappa shape index (κ3) is 3.50. The van der Waals surface area contributed by atoms with Crippen LogP contribution in [0.25, 0.3) is 33.5 Å². The minimum absolute atomic E-state index is 0.746. The molecule has 0 spiro atoms. The summed E-state index contributed by atoms with van der Waals surface area (Å²) < 4.78 is 2.30. The van der Waals surface area contributed by atoms with Crippen molar-refractivity contribution in [2.45, 2.75) is 46.1 Å². The maximum atomic E-state index is 6.28. The van der Waals surface area contributed by atoms with Gasteiger partial charge in [-0.15, -0.1) is 0 Å². The number of rotatable bonds is 5. The molecular weight excluding hydrogens is 394 g/mol. The molecule has 156 valence electrons. The highest BCUT2D eigenvalue weighted by Gasteiger charge is 2.16. The van der Waals surface area contributed by atoms with E-state index in [1.54, 1.807) is 0 Å². The zero-order chi connectivity index (χ0) is 20.7. The molecule has 0 saturated carbocycles. The first-order valence-electron chi connectivity index (χ1n) is 10.9. The van der Waals surface area contributed by atoms with Gasteiger partial charge in [-0.05, 0) is 93.9 Å². The van der Waals surface area contributed by atoms with Crippen LogP contribution in [0.4, 0.5) is 0 Å². The Balaban J connectivity index is 1.40. The molecule has 5 nitrogen and oxygen atoms in total. The Hall–Kier alpha value is -2.37. The number of halogens is 1. The van der Waals surface area contributed by atoms with Gasteiger partial charge in [-0.25, -0.2) is 9.97 Å². The van der Waals surface area contributed by atoms with Crippen LogP contribution in [0.3, 0.4) is 0 Å². The molecule has 30 heavy (non-hydrogen) atoms. The third-order valence-corrected chi connectivity index (χ3v) is 7.02. The summed E-state index contributed by atoms with van der Waals surface area (Å²) in [5.41, 5.74) is 7.46. The topological polar surface area (TPSA) is 58.5 Å². The van der Waals surface area contributed by atoms with Gasteiger partial charge in [0.15, 0.2) is 0 Å². The third-order valence-electron chi connectivity index (χ3n) is 6.61. The fraction of sp³-hybridized carbons (Fsp3) is 0.417. The second-order valence-electron chi connectivity index (χ2n) is 8.53. The predicted molar refractivity (Wildman–Crippen MR) is 124 cm³/mol. The molecule has 5 rings (SSSR count). The van der Waals surface area contributed by atoms with E-state index in [-0.39, 0.29) is 0 Å². The molecule has 0 unspecified atom stereocenters. The molecule has 2 N–H and O–H groups in total. The number of fused-ring (bicyclic) bond motifs is 2. The summed E-state index contributed by atoms with van der Waals surface area (Å²) in [6, 6.07) is 8.26. The van der Waals surface area contributed by atoms with Crippen LogP contribution in [0.2, 0.25) is 5.02 Å². The van der Waals surface area contributed by atoms with Crippen LogP contribution in [0.15, 0.2) is 30.6 Å². The molecule has 3 heterocycles. The summed E-state index contributed by atoms with van der Waals surface area (Å²) in [6.07, 6.45) is 7.14. The van der Waals surface area contributed by atoms with Crippen molar-refractivity contribution in [3.8, 4) is 11.4 Å². The van der Waals surface area contributed by atoms with Crippen molar-refractivity contribution in [1.29, 1.82) is 0 Å². The van der Waals surface area contributed by atoms with Gasteiger partial charge in [0.25, 0.3) is 0 Å². The highest BCUT2D eigenvalue weighted by molar-refractivity contribution is 6.32. The zero-order valence-electron chi connectivity index (χ0n) is 17.6. The molecule has 1 aliphatic rings. The largest absolute Gasteiger partial charge is 0.338 e. The van der Waals surface area contributed by atoms with Crippen molar-refractivity contribution in [2.75, 3.05) is 13.1 Å². The Morgan fingerprint density at radius 2 is 1.90 bits per heavy atom. The minimum atomic E-state index is 0.746. The molecule has 0 atom stereocenters. The Kier molecular flexibility index (Phi) is 5.25. The van der Waals surface area contributed by atoms with Crippen molar-refractivity contribution >= 4 is 33.7 Å². The number of hydrogen-bond donors (Lipinski definition) is 2. The fourth-order valence-electron chi connectivity index (χ4n) is 4.74. The average molecular weight is 422 g/mol. The lowest BCUT2D eigenvalue weighted by atomic mass is 9.93. The highest BCUT2D eigenvalue weighted by Crippen LogP contribution is 2.31. The molecule has 1 saturated heterocycles. The van der Waals surface area contributed by atoms with Crippen LogP contribution in [0, 0.1) is 19.8 Å². The Morgan fingerprint density at radius 3 is 2.73 bits per heavy atom. The van der Waals surface area contributed by atoms with Crippen molar-refractivity contribution in [1.82, 2.24) is 24.8 Å². The Morgan fingerprint density at radius 1 is 1.07 bits per heavy atom. The van der Waals surface area contributed by atoms with Gasteiger partial charge in [-0.3, -0.25) is 0 Å². The number of aryl methyl sites for hydroxylation is 3. The number of benzene rings is 2. The SMILES string of the molecule is Cc1c(Cl)ccc2[nH]c(-c3ccc4c(ncn4CCCC4CCNCC4)c3C)nc12. The molecule has 0 radical (unpaired) electrons. The molecule has 2 aromatic heterocycles. The van der Waals surface area contributed by atoms with Crippen LogP contribution in [0.5, 0.6) is 0 Å². The normalized spacial score (nSPS) is 15.4. The standard InChI is InChI=1S/C24H28ClN5/c1-15-18(24-28-20-7-6-19(25)16(2)22(20)29-24)5-8-21-23(15)27-14-30(21)13-3-4-17-9-11-26-12-10-17/h5-8,14,17,26H,3-4,9-13H2,1-2H3,(H,28,29). The van der Waals surface area contributed by atoms with Gasteiger partial charge >= 0.3 is 0 Å². The van der Waals surface area contributed by atoms with Crippen molar-refractivity contribution in [3.05, 3.63) is 46.7 Å². The number of nitrogens with one attached hydrogen (secondary N) is 2. The van der Waals surface area contributed by atoms with E-state index in [0.29, 0.717) is 0 Å². The van der Waals surface area contributed by atoms with Crippen LogP contribution in [0.1, 0.15) is 36.8 Å². The maximum absolute atomic E-state index is 6.28. The summed E-state index contributed by atoms with van der Waals surface area (Å²) in [4.78, 5) is 13.0. The summed E-state index contributed by atoms with van der Waals surface area (Å²) in [5, 5.41) is 4.20. The van der Waals surface area contributed by atoms with E-state index in [1.807, 2.05) is 25.4 Å². The number of aromatic amines is 1. The smallest absolute Gasteiger partial charge is 0.138 e. The Labute approximate surface area is 181 Å². The first kappa shape index (κ1) is 19.6. The van der Waals surface area contributed by atoms with Crippen LogP contribution in [-0.4, -0.2) is 32.6 Å². The summed E-state index contributed by atoms with van der Waals surface area (Å²) >= 11 is 6.28. The molecule has 6 heteroatoms. The lowest BCUT2D eigenvalue weighted by Gasteiger charge is -2.22. The summed E-state index contributed by atoms with van der Waals surface area (Å²) in [7, 11) is 0. The number of H-pyrrole nitrogens is 1. The second kappa shape index (κ2) is 8.05. The number of nitrogens with zero attached hydrogens (tertiary/aromatic N) is 3. The number of hydrogen-bond acceptors (Lipinski definition) is 3. The number of aromatic nitrogens is 4. The van der Waals surface area contributed by atoms with Gasteiger partial charge in [0.2, 0.25) is 0 Å². The van der Waals surface area contributed by atoms with E-state index in [4.69, 9.17) is 21.6 Å². The quantitative estimate of drug-likeness (QED) is 0.439. The number of piperidine rings is 1. The minimum Gasteiger partial charge on any atom is -0.338 e. The molecule has 4 aromatic rings. The van der Waals surface area contributed by atoms with Gasteiger partial charge in [0, 0.05) is 17.1 Å². The van der Waals surface area contributed by atoms with E-state index in [1.165, 1.54) is 44.3 Å². The van der Waals surface area contributed by atoms with Gasteiger partial charge in [-0.1, -0.05) is 11.6 Å². The molecule has 1 aliphatic heterocycles. The van der Waals surface area contributed by atoms with Gasteiger partial charge in [0.05, 0.1) is 28.4 Å². The van der Waals surface area contributed by atoms with E-state index in [9.17, 15) is 0 Å². The maximum Gasteiger partial charge on any atom is 0.138 e. The van der Waals surface area contributed by atoms with E-state index in [2.05, 4.69) is 33.9 Å². The summed E-state index contributed by atoms with van der Waals surface area (Å²) in [5.74, 6) is 1.75. The van der Waals surface area contributed by atoms with Gasteiger partial charge in [0.1, 0.15) is 5.82 Å². The monoisotopic (exact) mass is 421 g/mol. The average Bonchev–Trinajstić information content (AvgIpc) is 3.37. The van der Waals surface area contributed by atoms with E-state index >= 15 is 0 Å². The van der Waals surface area contributed by atoms with Gasteiger partial charge < -0.3 is 14.9 Å². The van der Waals surface area contributed by atoms with Crippen LogP contribution in [-0.2, 0) is 6.54 Å². The zero-order valence-corrected chi connectivity index (χ0v) is 18.4. The van der Waals surface area contributed by atoms with Gasteiger partial charge in [-0.2, -0.15) is 0 Å². The van der Waals surface area contributed by atoms with E-state index in [0.717, 1.165) is 56.6 Å². The highest BCUT2D eigenvalue weighted by atomic mass is 35.5. The molecule has 1 fully saturated rings. The fourth-order valence-corrected chi connectivity index (χ4v) is 4.89. The molecular formula is C24H28ClN5.